The highest BCUT2D eigenvalue weighted by atomic mass is 16.1. The van der Waals surface area contributed by atoms with Crippen LogP contribution in [0, 0.1) is 0 Å². The van der Waals surface area contributed by atoms with E-state index in [1.807, 2.05) is 31.6 Å². The number of aromatic amines is 1. The number of rotatable bonds is 3. The first-order valence-corrected chi connectivity index (χ1v) is 7.91. The third-order valence-corrected chi connectivity index (χ3v) is 4.38. The Morgan fingerprint density at radius 1 is 1.38 bits per heavy atom. The fourth-order valence-electron chi connectivity index (χ4n) is 3.19. The Kier molecular flexibility index (Phi) is 3.46. The fourth-order valence-corrected chi connectivity index (χ4v) is 3.19. The SMILES string of the molecule is CC(=O)NCc1cccc(-c2cc3c([nH]2)N=CC2=CNN(C)C23)c1. The lowest BCUT2D eigenvalue weighted by Gasteiger charge is -2.23. The Hall–Kier alpha value is -2.86. The number of nitrogens with one attached hydrogen (secondary N) is 3. The molecule has 122 valence electrons. The normalized spacial score (nSPS) is 18.6. The third kappa shape index (κ3) is 2.51. The van der Waals surface area contributed by atoms with Crippen LogP contribution in [0.5, 0.6) is 0 Å². The number of amides is 1. The largest absolute Gasteiger partial charge is 0.352 e. The van der Waals surface area contributed by atoms with E-state index < -0.39 is 0 Å². The quantitative estimate of drug-likeness (QED) is 0.813. The molecule has 0 saturated carbocycles. The van der Waals surface area contributed by atoms with Crippen LogP contribution < -0.4 is 10.7 Å². The minimum Gasteiger partial charge on any atom is -0.352 e. The van der Waals surface area contributed by atoms with Gasteiger partial charge in [-0.3, -0.25) is 4.79 Å². The van der Waals surface area contributed by atoms with Crippen LogP contribution in [-0.4, -0.2) is 29.2 Å². The molecule has 3 heterocycles. The highest BCUT2D eigenvalue weighted by Crippen LogP contribution is 2.40. The van der Waals surface area contributed by atoms with E-state index in [2.05, 4.69) is 43.9 Å². The number of aliphatic imine (C=N–C) groups is 1. The molecule has 2 aliphatic heterocycles. The fraction of sp³-hybridized carbons (Fsp3) is 0.222. The van der Waals surface area contributed by atoms with Crippen LogP contribution in [0.1, 0.15) is 24.1 Å². The van der Waals surface area contributed by atoms with Gasteiger partial charge in [0.05, 0.1) is 6.04 Å². The van der Waals surface area contributed by atoms with Crippen molar-refractivity contribution in [2.24, 2.45) is 4.99 Å². The van der Waals surface area contributed by atoms with E-state index in [9.17, 15) is 4.79 Å². The molecule has 1 aromatic heterocycles. The average Bonchev–Trinajstić information content (AvgIpc) is 3.16. The molecule has 4 rings (SSSR count). The van der Waals surface area contributed by atoms with Crippen molar-refractivity contribution in [1.82, 2.24) is 20.7 Å². The molecule has 6 heteroatoms. The Bertz CT molecular complexity index is 864. The molecule has 24 heavy (non-hydrogen) atoms. The zero-order valence-corrected chi connectivity index (χ0v) is 13.6. The Balaban J connectivity index is 1.66. The minimum absolute atomic E-state index is 0.0267. The van der Waals surface area contributed by atoms with Gasteiger partial charge in [-0.15, -0.1) is 0 Å². The molecule has 0 aliphatic carbocycles. The van der Waals surface area contributed by atoms with Crippen LogP contribution in [0.2, 0.25) is 0 Å². The Labute approximate surface area is 140 Å². The maximum Gasteiger partial charge on any atom is 0.217 e. The van der Waals surface area contributed by atoms with Gasteiger partial charge >= 0.3 is 0 Å². The number of carbonyl (C=O) groups excluding carboxylic acids is 1. The molecule has 0 saturated heterocycles. The highest BCUT2D eigenvalue weighted by molar-refractivity contribution is 5.87. The van der Waals surface area contributed by atoms with E-state index in [4.69, 9.17) is 0 Å². The summed E-state index contributed by atoms with van der Waals surface area (Å²) >= 11 is 0. The van der Waals surface area contributed by atoms with E-state index in [-0.39, 0.29) is 11.9 Å². The molecule has 0 spiro atoms. The van der Waals surface area contributed by atoms with Gasteiger partial charge in [-0.05, 0) is 23.3 Å². The van der Waals surface area contributed by atoms with Crippen molar-refractivity contribution in [2.45, 2.75) is 19.5 Å². The second-order valence-corrected chi connectivity index (χ2v) is 6.14. The molecule has 0 radical (unpaired) electrons. The lowest BCUT2D eigenvalue weighted by molar-refractivity contribution is -0.119. The van der Waals surface area contributed by atoms with Crippen molar-refractivity contribution >= 4 is 17.9 Å². The predicted molar refractivity (Wildman–Crippen MR) is 93.6 cm³/mol. The summed E-state index contributed by atoms with van der Waals surface area (Å²) in [6.45, 7) is 2.06. The molecule has 3 N–H and O–H groups in total. The second kappa shape index (κ2) is 5.65. The number of nitrogens with zero attached hydrogens (tertiary/aromatic N) is 2. The average molecular weight is 321 g/mol. The maximum atomic E-state index is 11.1. The van der Waals surface area contributed by atoms with Crippen molar-refractivity contribution in [3.05, 3.63) is 53.2 Å². The lowest BCUT2D eigenvalue weighted by atomic mass is 9.99. The molecule has 1 unspecified atom stereocenters. The molecular weight excluding hydrogens is 302 g/mol. The standard InChI is InChI=1S/C18H19N5O/c1-11(24)19-8-12-4-3-5-13(6-12)16-7-15-17-14(10-21-23(17)2)9-20-18(15)22-16/h3-7,9-10,17,21-22H,8H2,1-2H3,(H,19,24). The molecule has 1 amide bonds. The second-order valence-electron chi connectivity index (χ2n) is 6.14. The summed E-state index contributed by atoms with van der Waals surface area (Å²) in [6.07, 6.45) is 3.88. The minimum atomic E-state index is -0.0267. The summed E-state index contributed by atoms with van der Waals surface area (Å²) in [5.74, 6) is 0.871. The number of aromatic nitrogens is 1. The van der Waals surface area contributed by atoms with Crippen LogP contribution in [0.4, 0.5) is 5.82 Å². The third-order valence-electron chi connectivity index (χ3n) is 4.38. The molecule has 0 bridgehead atoms. The van der Waals surface area contributed by atoms with Crippen molar-refractivity contribution < 1.29 is 4.79 Å². The zero-order chi connectivity index (χ0) is 16.7. The molecule has 0 fully saturated rings. The van der Waals surface area contributed by atoms with Crippen molar-refractivity contribution in [3.63, 3.8) is 0 Å². The lowest BCUT2D eigenvalue weighted by Crippen LogP contribution is -2.29. The van der Waals surface area contributed by atoms with Crippen molar-refractivity contribution in [2.75, 3.05) is 7.05 Å². The van der Waals surface area contributed by atoms with Crippen LogP contribution in [0.15, 0.2) is 47.1 Å². The molecule has 6 nitrogen and oxygen atoms in total. The van der Waals surface area contributed by atoms with Crippen LogP contribution in [-0.2, 0) is 11.3 Å². The number of hydrogen-bond donors (Lipinski definition) is 3. The van der Waals surface area contributed by atoms with Gasteiger partial charge in [0, 0.05) is 49.8 Å². The molecular formula is C18H19N5O. The number of carbonyl (C=O) groups is 1. The van der Waals surface area contributed by atoms with Crippen LogP contribution in [0.3, 0.4) is 0 Å². The van der Waals surface area contributed by atoms with Crippen molar-refractivity contribution in [3.8, 4) is 11.3 Å². The highest BCUT2D eigenvalue weighted by Gasteiger charge is 2.31. The number of H-pyrrole nitrogens is 1. The van der Waals surface area contributed by atoms with Gasteiger partial charge in [0.15, 0.2) is 0 Å². The van der Waals surface area contributed by atoms with E-state index in [1.165, 1.54) is 12.5 Å². The smallest absolute Gasteiger partial charge is 0.217 e. The number of benzene rings is 1. The maximum absolute atomic E-state index is 11.1. The monoisotopic (exact) mass is 321 g/mol. The number of fused-ring (bicyclic) bond motifs is 3. The van der Waals surface area contributed by atoms with Gasteiger partial charge in [0.2, 0.25) is 5.91 Å². The van der Waals surface area contributed by atoms with E-state index in [0.717, 1.165) is 28.2 Å². The molecule has 2 aromatic rings. The summed E-state index contributed by atoms with van der Waals surface area (Å²) in [5, 5.41) is 4.90. The van der Waals surface area contributed by atoms with Crippen molar-refractivity contribution in [1.29, 1.82) is 0 Å². The first kappa shape index (κ1) is 14.7. The number of hydrazine groups is 1. The van der Waals surface area contributed by atoms with E-state index in [1.54, 1.807) is 0 Å². The molecule has 2 aliphatic rings. The summed E-state index contributed by atoms with van der Waals surface area (Å²) in [4.78, 5) is 19.0. The van der Waals surface area contributed by atoms with E-state index in [0.29, 0.717) is 6.54 Å². The Morgan fingerprint density at radius 2 is 2.25 bits per heavy atom. The van der Waals surface area contributed by atoms with Gasteiger partial charge in [-0.1, -0.05) is 18.2 Å². The molecule has 1 atom stereocenters. The summed E-state index contributed by atoms with van der Waals surface area (Å²) < 4.78 is 0. The number of likely N-dealkylation sites (N-methyl/N-ethyl adjacent to an activating group) is 1. The van der Waals surface area contributed by atoms with Crippen LogP contribution in [0.25, 0.3) is 11.3 Å². The first-order valence-electron chi connectivity index (χ1n) is 7.91. The zero-order valence-electron chi connectivity index (χ0n) is 13.6. The summed E-state index contributed by atoms with van der Waals surface area (Å²) in [7, 11) is 2.03. The first-order chi connectivity index (χ1) is 11.6. The van der Waals surface area contributed by atoms with Gasteiger partial charge in [0.25, 0.3) is 0 Å². The summed E-state index contributed by atoms with van der Waals surface area (Å²) in [6, 6.07) is 10.5. The van der Waals surface area contributed by atoms with E-state index >= 15 is 0 Å². The van der Waals surface area contributed by atoms with Crippen LogP contribution >= 0.6 is 0 Å². The van der Waals surface area contributed by atoms with Gasteiger partial charge in [-0.25, -0.2) is 10.0 Å². The van der Waals surface area contributed by atoms with Gasteiger partial charge in [-0.2, -0.15) is 0 Å². The topological polar surface area (TPSA) is 72.5 Å². The predicted octanol–water partition coefficient (Wildman–Crippen LogP) is 2.41. The van der Waals surface area contributed by atoms with Gasteiger partial charge < -0.3 is 15.7 Å². The van der Waals surface area contributed by atoms with Gasteiger partial charge in [0.1, 0.15) is 5.82 Å². The molecule has 1 aromatic carbocycles. The Morgan fingerprint density at radius 3 is 3.08 bits per heavy atom. The summed E-state index contributed by atoms with van der Waals surface area (Å²) in [5.41, 5.74) is 8.73. The number of hydrogen-bond acceptors (Lipinski definition) is 4.